The molecule has 2 aromatic rings. The molecular weight excluding hydrogens is 404 g/mol. The number of hydrogen-bond donors (Lipinski definition) is 3. The number of thiocarbonyl (C=S) groups is 1. The second-order valence-corrected chi connectivity index (χ2v) is 7.07. The van der Waals surface area contributed by atoms with E-state index in [-0.39, 0.29) is 27.8 Å². The number of hydrogen-bond acceptors (Lipinski definition) is 6. The first kappa shape index (κ1) is 19.8. The van der Waals surface area contributed by atoms with Gasteiger partial charge in [-0.2, -0.15) is 0 Å². The third kappa shape index (κ3) is 4.49. The predicted octanol–water partition coefficient (Wildman–Crippen LogP) is 3.68. The van der Waals surface area contributed by atoms with Crippen LogP contribution in [0.2, 0.25) is 5.02 Å². The van der Waals surface area contributed by atoms with Crippen molar-refractivity contribution in [2.24, 2.45) is 0 Å². The third-order valence-electron chi connectivity index (χ3n) is 4.31. The Kier molecular flexibility index (Phi) is 5.96. The SMILES string of the molecule is O=C(NC(=S)Nc1cc(Cl)ccc1O)c1ccc(N2CCCC2)c([N+](=O)[O-])c1. The van der Waals surface area contributed by atoms with E-state index < -0.39 is 10.8 Å². The molecule has 0 aromatic heterocycles. The fourth-order valence-corrected chi connectivity index (χ4v) is 3.35. The van der Waals surface area contributed by atoms with Gasteiger partial charge in [-0.3, -0.25) is 20.2 Å². The summed E-state index contributed by atoms with van der Waals surface area (Å²) >= 11 is 10.9. The van der Waals surface area contributed by atoms with Crippen LogP contribution in [0.1, 0.15) is 23.2 Å². The van der Waals surface area contributed by atoms with Crippen molar-refractivity contribution >= 4 is 51.9 Å². The zero-order valence-electron chi connectivity index (χ0n) is 14.6. The summed E-state index contributed by atoms with van der Waals surface area (Å²) in [6.07, 6.45) is 1.96. The second-order valence-electron chi connectivity index (χ2n) is 6.22. The van der Waals surface area contributed by atoms with E-state index in [0.717, 1.165) is 25.9 Å². The van der Waals surface area contributed by atoms with Crippen LogP contribution < -0.4 is 15.5 Å². The van der Waals surface area contributed by atoms with Crippen molar-refractivity contribution < 1.29 is 14.8 Å². The van der Waals surface area contributed by atoms with E-state index in [1.54, 1.807) is 6.07 Å². The average Bonchev–Trinajstić information content (AvgIpc) is 3.18. The van der Waals surface area contributed by atoms with Crippen molar-refractivity contribution in [2.75, 3.05) is 23.3 Å². The van der Waals surface area contributed by atoms with Gasteiger partial charge in [0.05, 0.1) is 10.6 Å². The van der Waals surface area contributed by atoms with E-state index in [4.69, 9.17) is 23.8 Å². The number of nitrogens with zero attached hydrogens (tertiary/aromatic N) is 2. The summed E-state index contributed by atoms with van der Waals surface area (Å²) in [5, 5.41) is 26.7. The number of nitro groups is 1. The molecule has 28 heavy (non-hydrogen) atoms. The number of anilines is 2. The van der Waals surface area contributed by atoms with Crippen LogP contribution in [0.3, 0.4) is 0 Å². The summed E-state index contributed by atoms with van der Waals surface area (Å²) in [6, 6.07) is 8.68. The Hall–Kier alpha value is -2.91. The fourth-order valence-electron chi connectivity index (χ4n) is 2.97. The average molecular weight is 421 g/mol. The topological polar surface area (TPSA) is 108 Å². The maximum atomic E-state index is 12.4. The molecule has 2 aromatic carbocycles. The van der Waals surface area contributed by atoms with Crippen molar-refractivity contribution in [3.05, 3.63) is 57.1 Å². The minimum absolute atomic E-state index is 0.0751. The van der Waals surface area contributed by atoms with Gasteiger partial charge in [-0.25, -0.2) is 0 Å². The maximum absolute atomic E-state index is 12.4. The van der Waals surface area contributed by atoms with Crippen LogP contribution in [0, 0.1) is 10.1 Å². The van der Waals surface area contributed by atoms with Gasteiger partial charge < -0.3 is 15.3 Å². The Labute approximate surface area is 171 Å². The first-order chi connectivity index (χ1) is 13.3. The summed E-state index contributed by atoms with van der Waals surface area (Å²) in [5.41, 5.74) is 0.715. The summed E-state index contributed by atoms with van der Waals surface area (Å²) in [5.74, 6) is -0.693. The van der Waals surface area contributed by atoms with Crippen LogP contribution in [0.4, 0.5) is 17.1 Å². The molecule has 0 saturated carbocycles. The lowest BCUT2D eigenvalue weighted by Gasteiger charge is -2.18. The van der Waals surface area contributed by atoms with Gasteiger partial charge in [0.2, 0.25) is 0 Å². The van der Waals surface area contributed by atoms with Gasteiger partial charge in [0.25, 0.3) is 11.6 Å². The molecule has 1 heterocycles. The Bertz CT molecular complexity index is 947. The fraction of sp³-hybridized carbons (Fsp3) is 0.222. The molecule has 10 heteroatoms. The smallest absolute Gasteiger partial charge is 0.293 e. The van der Waals surface area contributed by atoms with Crippen molar-refractivity contribution in [1.82, 2.24) is 5.32 Å². The van der Waals surface area contributed by atoms with Gasteiger partial charge in [-0.15, -0.1) is 0 Å². The number of aromatic hydroxyl groups is 1. The highest BCUT2D eigenvalue weighted by Gasteiger charge is 2.24. The standard InChI is InChI=1S/C18H17ClN4O4S/c19-12-4-6-16(24)13(10-12)20-18(28)21-17(25)11-3-5-14(15(9-11)23(26)27)22-7-1-2-8-22/h3-6,9-10,24H,1-2,7-8H2,(H2,20,21,25,28). The molecule has 0 radical (unpaired) electrons. The molecule has 1 saturated heterocycles. The van der Waals surface area contributed by atoms with Crippen LogP contribution in [0.15, 0.2) is 36.4 Å². The van der Waals surface area contributed by atoms with E-state index in [1.165, 1.54) is 30.3 Å². The van der Waals surface area contributed by atoms with E-state index in [9.17, 15) is 20.0 Å². The number of rotatable bonds is 4. The third-order valence-corrected chi connectivity index (χ3v) is 4.75. The van der Waals surface area contributed by atoms with E-state index in [1.807, 2.05) is 4.90 Å². The van der Waals surface area contributed by atoms with Gasteiger partial charge in [0, 0.05) is 29.7 Å². The number of benzene rings is 2. The summed E-state index contributed by atoms with van der Waals surface area (Å²) in [6.45, 7) is 1.51. The van der Waals surface area contributed by atoms with Gasteiger partial charge in [0.15, 0.2) is 5.11 Å². The monoisotopic (exact) mass is 420 g/mol. The molecule has 0 bridgehead atoms. The highest BCUT2D eigenvalue weighted by molar-refractivity contribution is 7.80. The second kappa shape index (κ2) is 8.41. The van der Waals surface area contributed by atoms with Crippen molar-refractivity contribution in [2.45, 2.75) is 12.8 Å². The summed E-state index contributed by atoms with van der Waals surface area (Å²) in [4.78, 5) is 25.3. The molecule has 1 aliphatic rings. The first-order valence-corrected chi connectivity index (χ1v) is 9.28. The molecule has 3 N–H and O–H groups in total. The van der Waals surface area contributed by atoms with Gasteiger partial charge >= 0.3 is 0 Å². The number of amides is 1. The lowest BCUT2D eigenvalue weighted by Crippen LogP contribution is -2.34. The minimum atomic E-state index is -0.602. The van der Waals surface area contributed by atoms with E-state index in [0.29, 0.717) is 10.7 Å². The number of nitrogens with one attached hydrogen (secondary N) is 2. The first-order valence-electron chi connectivity index (χ1n) is 8.49. The number of halogens is 1. The number of carbonyl (C=O) groups is 1. The highest BCUT2D eigenvalue weighted by atomic mass is 35.5. The van der Waals surface area contributed by atoms with Crippen molar-refractivity contribution in [1.29, 1.82) is 0 Å². The molecular formula is C18H17ClN4O4S. The Balaban J connectivity index is 1.74. The molecule has 8 nitrogen and oxygen atoms in total. The Morgan fingerprint density at radius 3 is 2.61 bits per heavy atom. The Morgan fingerprint density at radius 2 is 1.93 bits per heavy atom. The van der Waals surface area contributed by atoms with Crippen molar-refractivity contribution in [3.8, 4) is 5.75 Å². The molecule has 0 unspecified atom stereocenters. The van der Waals surface area contributed by atoms with Gasteiger partial charge in [0.1, 0.15) is 11.4 Å². The van der Waals surface area contributed by atoms with Crippen LogP contribution in [-0.2, 0) is 0 Å². The quantitative estimate of drug-likeness (QED) is 0.299. The molecule has 1 fully saturated rings. The lowest BCUT2D eigenvalue weighted by atomic mass is 10.1. The zero-order valence-corrected chi connectivity index (χ0v) is 16.2. The molecule has 146 valence electrons. The largest absolute Gasteiger partial charge is 0.506 e. The predicted molar refractivity (Wildman–Crippen MR) is 111 cm³/mol. The van der Waals surface area contributed by atoms with Crippen LogP contribution in [-0.4, -0.2) is 34.1 Å². The molecule has 3 rings (SSSR count). The molecule has 1 aliphatic heterocycles. The molecule has 1 amide bonds. The zero-order chi connectivity index (χ0) is 20.3. The summed E-state index contributed by atoms with van der Waals surface area (Å²) in [7, 11) is 0. The molecule has 0 atom stereocenters. The number of phenols is 1. The van der Waals surface area contributed by atoms with Crippen LogP contribution in [0.25, 0.3) is 0 Å². The highest BCUT2D eigenvalue weighted by Crippen LogP contribution is 2.31. The van der Waals surface area contributed by atoms with Gasteiger partial charge in [-0.05, 0) is 55.4 Å². The van der Waals surface area contributed by atoms with Gasteiger partial charge in [-0.1, -0.05) is 11.6 Å². The number of nitro benzene ring substituents is 1. The summed E-state index contributed by atoms with van der Waals surface area (Å²) < 4.78 is 0. The molecule has 0 spiro atoms. The van der Waals surface area contributed by atoms with E-state index in [2.05, 4.69) is 10.6 Å². The molecule has 0 aliphatic carbocycles. The van der Waals surface area contributed by atoms with Crippen LogP contribution >= 0.6 is 23.8 Å². The lowest BCUT2D eigenvalue weighted by molar-refractivity contribution is -0.384. The number of carbonyl (C=O) groups excluding carboxylic acids is 1. The normalized spacial score (nSPS) is 13.2. The minimum Gasteiger partial charge on any atom is -0.506 e. The Morgan fingerprint density at radius 1 is 1.21 bits per heavy atom. The van der Waals surface area contributed by atoms with Crippen molar-refractivity contribution in [3.63, 3.8) is 0 Å². The number of phenolic OH excluding ortho intramolecular Hbond substituents is 1. The van der Waals surface area contributed by atoms with E-state index >= 15 is 0 Å². The van der Waals surface area contributed by atoms with Crippen LogP contribution in [0.5, 0.6) is 5.75 Å². The maximum Gasteiger partial charge on any atom is 0.293 e.